The Hall–Kier alpha value is -1.32. The highest BCUT2D eigenvalue weighted by atomic mass is 32.1. The molecule has 0 bridgehead atoms. The second-order valence-corrected chi connectivity index (χ2v) is 4.48. The fourth-order valence-corrected chi connectivity index (χ4v) is 2.90. The van der Waals surface area contributed by atoms with Crippen molar-refractivity contribution in [3.8, 4) is 16.9 Å². The third kappa shape index (κ3) is 1.28. The highest BCUT2D eigenvalue weighted by Crippen LogP contribution is 2.44. The van der Waals surface area contributed by atoms with Crippen LogP contribution in [0.15, 0.2) is 35.7 Å². The van der Waals surface area contributed by atoms with Crippen LogP contribution in [0, 0.1) is 0 Å². The second kappa shape index (κ2) is 3.36. The van der Waals surface area contributed by atoms with Gasteiger partial charge < -0.3 is 10.5 Å². The van der Waals surface area contributed by atoms with Crippen molar-refractivity contribution in [1.82, 2.24) is 0 Å². The van der Waals surface area contributed by atoms with Gasteiger partial charge in [-0.1, -0.05) is 18.2 Å². The molecule has 15 heavy (non-hydrogen) atoms. The summed E-state index contributed by atoms with van der Waals surface area (Å²) in [5, 5.41) is 2.10. The standard InChI is InChI=1S/C12H11NOS/c13-7-11-12-9(5-6-15-12)8-3-1-2-4-10(8)14-11/h1-6,11H,7,13H2. The van der Waals surface area contributed by atoms with Gasteiger partial charge in [0.05, 0.1) is 4.88 Å². The lowest BCUT2D eigenvalue weighted by Gasteiger charge is -2.25. The minimum Gasteiger partial charge on any atom is -0.483 e. The summed E-state index contributed by atoms with van der Waals surface area (Å²) < 4.78 is 5.85. The molecule has 0 radical (unpaired) electrons. The average molecular weight is 217 g/mol. The Morgan fingerprint density at radius 2 is 2.07 bits per heavy atom. The maximum atomic E-state index is 5.85. The van der Waals surface area contributed by atoms with Crippen LogP contribution in [-0.4, -0.2) is 6.54 Å². The number of thiophene rings is 1. The molecule has 2 nitrogen and oxygen atoms in total. The number of fused-ring (bicyclic) bond motifs is 3. The molecule has 1 unspecified atom stereocenters. The molecular weight excluding hydrogens is 206 g/mol. The Morgan fingerprint density at radius 3 is 2.93 bits per heavy atom. The van der Waals surface area contributed by atoms with E-state index in [0.29, 0.717) is 6.54 Å². The summed E-state index contributed by atoms with van der Waals surface area (Å²) in [7, 11) is 0. The molecule has 1 aliphatic rings. The van der Waals surface area contributed by atoms with E-state index in [2.05, 4.69) is 17.5 Å². The van der Waals surface area contributed by atoms with Gasteiger partial charge in [0.1, 0.15) is 11.9 Å². The van der Waals surface area contributed by atoms with Gasteiger partial charge in [0, 0.05) is 17.7 Å². The van der Waals surface area contributed by atoms with Crippen LogP contribution < -0.4 is 10.5 Å². The third-order valence-electron chi connectivity index (χ3n) is 2.65. The van der Waals surface area contributed by atoms with Gasteiger partial charge in [-0.3, -0.25) is 0 Å². The maximum absolute atomic E-state index is 5.85. The van der Waals surface area contributed by atoms with Crippen LogP contribution in [0.1, 0.15) is 11.0 Å². The van der Waals surface area contributed by atoms with Crippen LogP contribution in [0.25, 0.3) is 11.1 Å². The Morgan fingerprint density at radius 1 is 1.20 bits per heavy atom. The maximum Gasteiger partial charge on any atom is 0.146 e. The summed E-state index contributed by atoms with van der Waals surface area (Å²) in [5.74, 6) is 0.943. The number of rotatable bonds is 1. The largest absolute Gasteiger partial charge is 0.483 e. The molecule has 1 aromatic heterocycles. The summed E-state index contributed by atoms with van der Waals surface area (Å²) in [4.78, 5) is 1.25. The predicted octanol–water partition coefficient (Wildman–Crippen LogP) is 2.81. The molecule has 1 aromatic carbocycles. The lowest BCUT2D eigenvalue weighted by atomic mass is 10.0. The van der Waals surface area contributed by atoms with Gasteiger partial charge >= 0.3 is 0 Å². The van der Waals surface area contributed by atoms with Crippen molar-refractivity contribution in [1.29, 1.82) is 0 Å². The molecule has 2 aromatic rings. The Labute approximate surface area is 92.3 Å². The summed E-state index contributed by atoms with van der Waals surface area (Å²) >= 11 is 1.72. The molecule has 0 saturated carbocycles. The monoisotopic (exact) mass is 217 g/mol. The molecule has 2 N–H and O–H groups in total. The molecule has 2 heterocycles. The molecule has 0 aliphatic carbocycles. The van der Waals surface area contributed by atoms with E-state index in [4.69, 9.17) is 10.5 Å². The van der Waals surface area contributed by atoms with Crippen molar-refractivity contribution < 1.29 is 4.74 Å². The number of benzene rings is 1. The van der Waals surface area contributed by atoms with Crippen LogP contribution in [0.2, 0.25) is 0 Å². The highest BCUT2D eigenvalue weighted by molar-refractivity contribution is 7.10. The number of para-hydroxylation sites is 1. The highest BCUT2D eigenvalue weighted by Gasteiger charge is 2.25. The van der Waals surface area contributed by atoms with E-state index in [-0.39, 0.29) is 6.10 Å². The Kier molecular flexibility index (Phi) is 2.01. The first-order valence-corrected chi connectivity index (χ1v) is 5.81. The summed E-state index contributed by atoms with van der Waals surface area (Å²) in [6, 6.07) is 10.3. The summed E-state index contributed by atoms with van der Waals surface area (Å²) in [5.41, 5.74) is 8.17. The Bertz CT molecular complexity index is 492. The normalized spacial score (nSPS) is 17.8. The van der Waals surface area contributed by atoms with Gasteiger partial charge in [-0.15, -0.1) is 11.3 Å². The molecule has 1 atom stereocenters. The number of nitrogens with two attached hydrogens (primary N) is 1. The van der Waals surface area contributed by atoms with Crippen molar-refractivity contribution >= 4 is 11.3 Å². The van der Waals surface area contributed by atoms with Crippen LogP contribution in [-0.2, 0) is 0 Å². The number of hydrogen-bond acceptors (Lipinski definition) is 3. The minimum atomic E-state index is 0.0231. The Balaban J connectivity index is 2.22. The van der Waals surface area contributed by atoms with Gasteiger partial charge in [0.15, 0.2) is 0 Å². The van der Waals surface area contributed by atoms with Crippen molar-refractivity contribution in [2.75, 3.05) is 6.54 Å². The van der Waals surface area contributed by atoms with Gasteiger partial charge in [-0.25, -0.2) is 0 Å². The fraction of sp³-hybridized carbons (Fsp3) is 0.167. The van der Waals surface area contributed by atoms with Crippen LogP contribution in [0.5, 0.6) is 5.75 Å². The zero-order valence-electron chi connectivity index (χ0n) is 8.14. The van der Waals surface area contributed by atoms with E-state index in [0.717, 1.165) is 5.75 Å². The molecule has 0 spiro atoms. The van der Waals surface area contributed by atoms with Crippen molar-refractivity contribution in [3.63, 3.8) is 0 Å². The molecule has 76 valence electrons. The SMILES string of the molecule is NCC1Oc2ccccc2-c2ccsc21. The molecule has 1 aliphatic heterocycles. The average Bonchev–Trinajstić information content (AvgIpc) is 2.77. The molecule has 0 fully saturated rings. The van der Waals surface area contributed by atoms with E-state index in [1.165, 1.54) is 16.0 Å². The third-order valence-corrected chi connectivity index (χ3v) is 3.66. The zero-order chi connectivity index (χ0) is 10.3. The quantitative estimate of drug-likeness (QED) is 0.797. The van der Waals surface area contributed by atoms with Gasteiger partial charge in [-0.05, 0) is 17.5 Å². The summed E-state index contributed by atoms with van der Waals surface area (Å²) in [6.45, 7) is 0.530. The topological polar surface area (TPSA) is 35.2 Å². The first-order valence-electron chi connectivity index (χ1n) is 4.93. The van der Waals surface area contributed by atoms with Gasteiger partial charge in [0.25, 0.3) is 0 Å². The first-order chi connectivity index (χ1) is 7.40. The van der Waals surface area contributed by atoms with Crippen LogP contribution in [0.4, 0.5) is 0 Å². The lowest BCUT2D eigenvalue weighted by Crippen LogP contribution is -2.20. The molecule has 3 heteroatoms. The van der Waals surface area contributed by atoms with Gasteiger partial charge in [0.2, 0.25) is 0 Å². The first kappa shape index (κ1) is 8.95. The molecule has 0 amide bonds. The van der Waals surface area contributed by atoms with E-state index in [1.807, 2.05) is 18.2 Å². The van der Waals surface area contributed by atoms with E-state index >= 15 is 0 Å². The molecule has 0 saturated heterocycles. The number of hydrogen-bond donors (Lipinski definition) is 1. The van der Waals surface area contributed by atoms with Crippen LogP contribution in [0.3, 0.4) is 0 Å². The van der Waals surface area contributed by atoms with Crippen molar-refractivity contribution in [2.45, 2.75) is 6.10 Å². The van der Waals surface area contributed by atoms with Crippen LogP contribution >= 0.6 is 11.3 Å². The van der Waals surface area contributed by atoms with Gasteiger partial charge in [-0.2, -0.15) is 0 Å². The minimum absolute atomic E-state index is 0.0231. The van der Waals surface area contributed by atoms with Crippen molar-refractivity contribution in [2.24, 2.45) is 5.73 Å². The fourth-order valence-electron chi connectivity index (χ4n) is 1.95. The molecule has 3 rings (SSSR count). The molecular formula is C12H11NOS. The smallest absolute Gasteiger partial charge is 0.146 e. The van der Waals surface area contributed by atoms with Crippen molar-refractivity contribution in [3.05, 3.63) is 40.6 Å². The number of ether oxygens (including phenoxy) is 1. The second-order valence-electron chi connectivity index (χ2n) is 3.54. The van der Waals surface area contributed by atoms with E-state index in [1.54, 1.807) is 11.3 Å². The predicted molar refractivity (Wildman–Crippen MR) is 62.2 cm³/mol. The zero-order valence-corrected chi connectivity index (χ0v) is 8.96. The van der Waals surface area contributed by atoms with E-state index < -0.39 is 0 Å². The van der Waals surface area contributed by atoms with E-state index in [9.17, 15) is 0 Å². The summed E-state index contributed by atoms with van der Waals surface area (Å²) in [6.07, 6.45) is 0.0231. The lowest BCUT2D eigenvalue weighted by molar-refractivity contribution is 0.215.